The molecule has 2 aromatic carbocycles. The fraction of sp³-hybridized carbons (Fsp3) is 0.423. The monoisotopic (exact) mass is 637 g/mol. The maximum absolute atomic E-state index is 12.3. The van der Waals surface area contributed by atoms with E-state index in [9.17, 15) is 14.0 Å². The van der Waals surface area contributed by atoms with E-state index in [4.69, 9.17) is 35.5 Å². The quantitative estimate of drug-likeness (QED) is 0.0473. The zero-order valence-corrected chi connectivity index (χ0v) is 30.3. The largest absolute Gasteiger partial charge is 1.00 e. The van der Waals surface area contributed by atoms with Crippen molar-refractivity contribution in [3.05, 3.63) is 71.0 Å². The Kier molecular flexibility index (Phi) is 41.9. The summed E-state index contributed by atoms with van der Waals surface area (Å²) >= 11 is 0. The van der Waals surface area contributed by atoms with Crippen LogP contribution in [0.5, 0.6) is 0 Å². The summed E-state index contributed by atoms with van der Waals surface area (Å²) in [5.74, 6) is -1.13. The first-order valence-corrected chi connectivity index (χ1v) is 11.7. The van der Waals surface area contributed by atoms with E-state index in [1.807, 2.05) is 12.1 Å². The SMILES string of the molecule is COC(=O)c1ccc(CCCOCCO)cc1.COC(=O)c1ccc(F)cc1.NCCOCCO.O=CO[O-].[H-].[K+].[K+]. The van der Waals surface area contributed by atoms with Crippen molar-refractivity contribution in [3.63, 3.8) is 0 Å². The molecule has 2 rings (SSSR count). The Morgan fingerprint density at radius 3 is 1.63 bits per heavy atom. The van der Waals surface area contributed by atoms with Crippen LogP contribution in [0.25, 0.3) is 0 Å². The van der Waals surface area contributed by atoms with Gasteiger partial charge in [0.25, 0.3) is 6.47 Å². The molecule has 0 heterocycles. The van der Waals surface area contributed by atoms with Gasteiger partial charge in [-0.15, -0.1) is 0 Å². The second-order valence-electron chi connectivity index (χ2n) is 6.94. The second kappa shape index (κ2) is 36.0. The molecule has 0 saturated heterocycles. The number of carbonyl (C=O) groups is 3. The molecule has 2 aromatic rings. The number of aryl methyl sites for hydroxylation is 1. The van der Waals surface area contributed by atoms with Crippen LogP contribution in [0.3, 0.4) is 0 Å². The minimum Gasteiger partial charge on any atom is -1.00 e. The summed E-state index contributed by atoms with van der Waals surface area (Å²) in [6, 6.07) is 12.5. The van der Waals surface area contributed by atoms with Crippen molar-refractivity contribution in [2.45, 2.75) is 12.8 Å². The zero-order chi connectivity index (χ0) is 29.7. The Labute approximate surface area is 326 Å². The average Bonchev–Trinajstić information content (AvgIpc) is 2.98. The average molecular weight is 638 g/mol. The van der Waals surface area contributed by atoms with E-state index in [0.29, 0.717) is 44.1 Å². The Hall–Kier alpha value is -0.187. The van der Waals surface area contributed by atoms with Crippen molar-refractivity contribution in [1.82, 2.24) is 0 Å². The minimum absolute atomic E-state index is 0. The first-order chi connectivity index (χ1) is 18.8. The zero-order valence-electron chi connectivity index (χ0n) is 25.1. The molecule has 15 heteroatoms. The van der Waals surface area contributed by atoms with E-state index >= 15 is 0 Å². The molecule has 0 aromatic heterocycles. The third kappa shape index (κ3) is 29.7. The van der Waals surface area contributed by atoms with E-state index in [1.165, 1.54) is 38.5 Å². The van der Waals surface area contributed by atoms with Crippen LogP contribution < -0.4 is 114 Å². The van der Waals surface area contributed by atoms with Gasteiger partial charge in [-0.1, -0.05) is 12.1 Å². The number of methoxy groups -OCH3 is 2. The molecule has 0 spiro atoms. The van der Waals surface area contributed by atoms with Crippen molar-refractivity contribution in [1.29, 1.82) is 0 Å². The van der Waals surface area contributed by atoms with Crippen LogP contribution in [0.4, 0.5) is 4.39 Å². The molecule has 0 atom stereocenters. The van der Waals surface area contributed by atoms with Crippen LogP contribution in [-0.2, 0) is 35.1 Å². The number of esters is 2. The number of benzene rings is 2. The van der Waals surface area contributed by atoms with Crippen molar-refractivity contribution in [2.75, 3.05) is 60.4 Å². The van der Waals surface area contributed by atoms with Gasteiger partial charge in [0.05, 0.1) is 58.4 Å². The maximum atomic E-state index is 12.3. The van der Waals surface area contributed by atoms with Crippen LogP contribution >= 0.6 is 0 Å². The second-order valence-corrected chi connectivity index (χ2v) is 6.94. The first-order valence-electron chi connectivity index (χ1n) is 11.7. The van der Waals surface area contributed by atoms with Gasteiger partial charge in [0.2, 0.25) is 0 Å². The van der Waals surface area contributed by atoms with Crippen LogP contribution in [0.15, 0.2) is 48.5 Å². The van der Waals surface area contributed by atoms with Gasteiger partial charge >= 0.3 is 115 Å². The molecule has 41 heavy (non-hydrogen) atoms. The Morgan fingerprint density at radius 2 is 1.27 bits per heavy atom. The number of carbonyl (C=O) groups excluding carboxylic acids is 3. The Bertz CT molecular complexity index is 880. The predicted molar refractivity (Wildman–Crippen MR) is 137 cm³/mol. The number of rotatable bonds is 13. The minimum atomic E-state index is -0.454. The summed E-state index contributed by atoms with van der Waals surface area (Å²) in [6.45, 7) is 2.46. The smallest absolute Gasteiger partial charge is 1.00 e. The number of aliphatic hydroxyl groups excluding tert-OH is 2. The molecular formula is C26H38FK2NO11. The Balaban J connectivity index is -0.000000159. The van der Waals surface area contributed by atoms with Gasteiger partial charge in [0.15, 0.2) is 0 Å². The predicted octanol–water partition coefficient (Wildman–Crippen LogP) is -5.46. The molecule has 0 unspecified atom stereocenters. The molecular weight excluding hydrogens is 599 g/mol. The molecule has 0 aliphatic carbocycles. The maximum Gasteiger partial charge on any atom is 1.00 e. The molecule has 0 saturated carbocycles. The van der Waals surface area contributed by atoms with E-state index in [2.05, 4.69) is 14.4 Å². The molecule has 0 fully saturated rings. The summed E-state index contributed by atoms with van der Waals surface area (Å²) in [4.78, 5) is 33.2. The molecule has 4 N–H and O–H groups in total. The number of aliphatic hydroxyl groups is 2. The molecule has 12 nitrogen and oxygen atoms in total. The van der Waals surface area contributed by atoms with Crippen molar-refractivity contribution < 1.29 is 162 Å². The Morgan fingerprint density at radius 1 is 0.854 bits per heavy atom. The third-order valence-corrected chi connectivity index (χ3v) is 4.17. The van der Waals surface area contributed by atoms with E-state index in [1.54, 1.807) is 12.1 Å². The molecule has 0 amide bonds. The van der Waals surface area contributed by atoms with Gasteiger partial charge in [-0.3, -0.25) is 4.79 Å². The fourth-order valence-corrected chi connectivity index (χ4v) is 2.42. The molecule has 0 bridgehead atoms. The number of hydrogen-bond donors (Lipinski definition) is 3. The fourth-order valence-electron chi connectivity index (χ4n) is 2.42. The van der Waals surface area contributed by atoms with Gasteiger partial charge in [-0.05, 0) is 54.8 Å². The summed E-state index contributed by atoms with van der Waals surface area (Å²) in [5.41, 5.74) is 7.14. The van der Waals surface area contributed by atoms with Crippen LogP contribution in [0.1, 0.15) is 34.1 Å². The number of hydrogen-bond acceptors (Lipinski definition) is 12. The van der Waals surface area contributed by atoms with Gasteiger partial charge in [0.1, 0.15) is 5.82 Å². The van der Waals surface area contributed by atoms with Crippen LogP contribution in [0, 0.1) is 5.82 Å². The van der Waals surface area contributed by atoms with Crippen LogP contribution in [-0.4, -0.2) is 89.0 Å². The normalized spacial score (nSPS) is 8.85. The van der Waals surface area contributed by atoms with Gasteiger partial charge in [-0.2, -0.15) is 0 Å². The van der Waals surface area contributed by atoms with Crippen LogP contribution in [0.2, 0.25) is 0 Å². The van der Waals surface area contributed by atoms with E-state index in [0.717, 1.165) is 18.4 Å². The van der Waals surface area contributed by atoms with Crippen molar-refractivity contribution >= 4 is 18.4 Å². The number of ether oxygens (including phenoxy) is 4. The molecule has 222 valence electrons. The van der Waals surface area contributed by atoms with Gasteiger partial charge < -0.3 is 46.5 Å². The molecule has 0 aliphatic heterocycles. The summed E-state index contributed by atoms with van der Waals surface area (Å²) in [5, 5.41) is 25.1. The van der Waals surface area contributed by atoms with Crippen molar-refractivity contribution in [2.24, 2.45) is 5.73 Å². The molecule has 0 radical (unpaired) electrons. The van der Waals surface area contributed by atoms with Crippen molar-refractivity contribution in [3.8, 4) is 0 Å². The van der Waals surface area contributed by atoms with Gasteiger partial charge in [-0.25, -0.2) is 14.0 Å². The molecule has 0 aliphatic rings. The third-order valence-electron chi connectivity index (χ3n) is 4.17. The van der Waals surface area contributed by atoms with E-state index < -0.39 is 5.97 Å². The topological polar surface area (TPSA) is 187 Å². The van der Waals surface area contributed by atoms with E-state index in [-0.39, 0.29) is 136 Å². The summed E-state index contributed by atoms with van der Waals surface area (Å²) < 4.78 is 31.3. The summed E-state index contributed by atoms with van der Waals surface area (Å²) in [7, 11) is 2.65. The number of nitrogens with two attached hydrogens (primary N) is 1. The first kappa shape index (κ1) is 47.7. The standard InChI is InChI=1S/C13H18O4.C8H7FO2.C4H11NO2.CH2O3.2K.H/c1-16-13(15)12-6-4-11(5-7-12)3-2-9-17-10-8-14;1-11-8(10)6-2-4-7(9)5-3-6;5-1-3-7-4-2-6;2-1-4-3;;;/h4-7,14H,2-3,8-10H2,1H3;2-5H,1H3;6H,1-5H2;1,3H;;;/q;;;;2*+1;-1/p-1. The number of halogens is 1. The summed E-state index contributed by atoms with van der Waals surface area (Å²) in [6.07, 6.45) is 1.80. The van der Waals surface area contributed by atoms with Gasteiger partial charge in [0, 0.05) is 13.2 Å².